The summed E-state index contributed by atoms with van der Waals surface area (Å²) in [6, 6.07) is 15.9. The number of anilines is 1. The van der Waals surface area contributed by atoms with Gasteiger partial charge in [0.05, 0.1) is 16.8 Å². The molecule has 6 heteroatoms. The Morgan fingerprint density at radius 3 is 2.80 bits per heavy atom. The van der Waals surface area contributed by atoms with E-state index in [1.165, 1.54) is 5.69 Å². The van der Waals surface area contributed by atoms with E-state index in [-0.39, 0.29) is 6.04 Å². The summed E-state index contributed by atoms with van der Waals surface area (Å²) in [7, 11) is 0. The van der Waals surface area contributed by atoms with E-state index < -0.39 is 0 Å². The van der Waals surface area contributed by atoms with E-state index in [0.29, 0.717) is 10.1 Å². The fourth-order valence-corrected chi connectivity index (χ4v) is 3.73. The van der Waals surface area contributed by atoms with Crippen molar-refractivity contribution in [2.24, 2.45) is 0 Å². The van der Waals surface area contributed by atoms with Crippen LogP contribution >= 0.6 is 23.8 Å². The number of para-hydroxylation sites is 1. The Bertz CT molecular complexity index is 893. The van der Waals surface area contributed by atoms with Gasteiger partial charge in [0.1, 0.15) is 0 Å². The van der Waals surface area contributed by atoms with Gasteiger partial charge in [-0.15, -0.1) is 0 Å². The molecule has 0 radical (unpaired) electrons. The van der Waals surface area contributed by atoms with E-state index in [4.69, 9.17) is 23.8 Å². The molecule has 2 aromatic heterocycles. The summed E-state index contributed by atoms with van der Waals surface area (Å²) >= 11 is 12.0. The van der Waals surface area contributed by atoms with Crippen LogP contribution in [0.4, 0.5) is 5.69 Å². The number of hydrogen-bond acceptors (Lipinski definition) is 2. The highest BCUT2D eigenvalue weighted by Gasteiger charge is 2.30. The first-order valence-electron chi connectivity index (χ1n) is 8.11. The minimum atomic E-state index is 0.0277. The fraction of sp³-hybridized carbons (Fsp3) is 0.158. The summed E-state index contributed by atoms with van der Waals surface area (Å²) in [6.07, 6.45) is 5.80. The molecule has 0 aliphatic carbocycles. The third kappa shape index (κ3) is 3.13. The number of pyridine rings is 1. The van der Waals surface area contributed by atoms with Crippen LogP contribution in [0.5, 0.6) is 0 Å². The summed E-state index contributed by atoms with van der Waals surface area (Å²) in [4.78, 5) is 6.49. The lowest BCUT2D eigenvalue weighted by Gasteiger charge is -2.39. The number of halogens is 1. The van der Waals surface area contributed by atoms with Gasteiger partial charge in [-0.05, 0) is 48.1 Å². The van der Waals surface area contributed by atoms with Crippen LogP contribution in [0.2, 0.25) is 5.02 Å². The molecule has 0 bridgehead atoms. The number of fused-ring (bicyclic) bond motifs is 1. The summed E-state index contributed by atoms with van der Waals surface area (Å²) in [5.74, 6) is 0. The fourth-order valence-electron chi connectivity index (χ4n) is 3.24. The topological polar surface area (TPSA) is 33.1 Å². The van der Waals surface area contributed by atoms with Gasteiger partial charge >= 0.3 is 0 Å². The molecule has 126 valence electrons. The number of hydrogen-bond donors (Lipinski definition) is 1. The Balaban J connectivity index is 1.68. The Morgan fingerprint density at radius 1 is 1.12 bits per heavy atom. The van der Waals surface area contributed by atoms with Crippen molar-refractivity contribution in [3.63, 3.8) is 0 Å². The van der Waals surface area contributed by atoms with Gasteiger partial charge in [0.25, 0.3) is 0 Å². The SMILES string of the molecule is S=C(Nc1ccccc1Cl)N1CCn2cccc2[C@H]1c1cccnc1. The van der Waals surface area contributed by atoms with Crippen molar-refractivity contribution in [1.82, 2.24) is 14.5 Å². The van der Waals surface area contributed by atoms with Crippen LogP contribution in [0.1, 0.15) is 17.3 Å². The molecule has 3 heterocycles. The summed E-state index contributed by atoms with van der Waals surface area (Å²) in [6.45, 7) is 1.71. The second-order valence-electron chi connectivity index (χ2n) is 5.92. The third-order valence-corrected chi connectivity index (χ3v) is 5.08. The Kier molecular flexibility index (Phi) is 4.42. The van der Waals surface area contributed by atoms with Gasteiger partial charge in [0.15, 0.2) is 5.11 Å². The van der Waals surface area contributed by atoms with Crippen LogP contribution in [-0.2, 0) is 6.54 Å². The van der Waals surface area contributed by atoms with Crippen molar-refractivity contribution >= 4 is 34.6 Å². The number of thiocarbonyl (C=S) groups is 1. The zero-order valence-electron chi connectivity index (χ0n) is 13.5. The van der Waals surface area contributed by atoms with E-state index in [9.17, 15) is 0 Å². The average molecular weight is 369 g/mol. The van der Waals surface area contributed by atoms with Crippen LogP contribution in [0.15, 0.2) is 67.1 Å². The zero-order chi connectivity index (χ0) is 17.2. The lowest BCUT2D eigenvalue weighted by Crippen LogP contribution is -2.44. The Hall–Kier alpha value is -2.37. The molecule has 4 nitrogen and oxygen atoms in total. The van der Waals surface area contributed by atoms with E-state index >= 15 is 0 Å². The largest absolute Gasteiger partial charge is 0.348 e. The monoisotopic (exact) mass is 368 g/mol. The number of benzene rings is 1. The molecule has 0 fully saturated rings. The Labute approximate surface area is 157 Å². The van der Waals surface area contributed by atoms with Crippen LogP contribution in [0, 0.1) is 0 Å². The minimum Gasteiger partial charge on any atom is -0.348 e. The van der Waals surface area contributed by atoms with Crippen LogP contribution in [0.25, 0.3) is 0 Å². The van der Waals surface area contributed by atoms with Gasteiger partial charge in [0, 0.05) is 37.4 Å². The van der Waals surface area contributed by atoms with E-state index in [1.54, 1.807) is 6.20 Å². The van der Waals surface area contributed by atoms with Gasteiger partial charge in [-0.25, -0.2) is 0 Å². The normalized spacial score (nSPS) is 16.4. The maximum absolute atomic E-state index is 6.27. The number of rotatable bonds is 2. The first kappa shape index (κ1) is 16.1. The quantitative estimate of drug-likeness (QED) is 0.682. The summed E-state index contributed by atoms with van der Waals surface area (Å²) in [5, 5.41) is 4.62. The second-order valence-corrected chi connectivity index (χ2v) is 6.71. The van der Waals surface area contributed by atoms with E-state index in [2.05, 4.69) is 44.2 Å². The average Bonchev–Trinajstić information content (AvgIpc) is 3.12. The molecule has 0 saturated carbocycles. The molecular weight excluding hydrogens is 352 g/mol. The van der Waals surface area contributed by atoms with Gasteiger partial charge in [-0.3, -0.25) is 4.98 Å². The van der Waals surface area contributed by atoms with Gasteiger partial charge < -0.3 is 14.8 Å². The zero-order valence-corrected chi connectivity index (χ0v) is 15.0. The van der Waals surface area contributed by atoms with Crippen molar-refractivity contribution in [3.05, 3.63) is 83.4 Å². The molecule has 4 rings (SSSR count). The van der Waals surface area contributed by atoms with Crippen LogP contribution in [0.3, 0.4) is 0 Å². The van der Waals surface area contributed by atoms with Crippen molar-refractivity contribution < 1.29 is 0 Å². The highest BCUT2D eigenvalue weighted by molar-refractivity contribution is 7.80. The van der Waals surface area contributed by atoms with Gasteiger partial charge in [0.2, 0.25) is 0 Å². The molecule has 1 aromatic carbocycles. The number of nitrogens with zero attached hydrogens (tertiary/aromatic N) is 3. The molecule has 1 aliphatic heterocycles. The predicted octanol–water partition coefficient (Wildman–Crippen LogP) is 4.34. The molecule has 3 aromatic rings. The summed E-state index contributed by atoms with van der Waals surface area (Å²) in [5.41, 5.74) is 3.15. The highest BCUT2D eigenvalue weighted by atomic mass is 35.5. The second kappa shape index (κ2) is 6.86. The lowest BCUT2D eigenvalue weighted by molar-refractivity contribution is 0.293. The highest BCUT2D eigenvalue weighted by Crippen LogP contribution is 2.33. The standard InChI is InChI=1S/C19H17ClN4S/c20-15-6-1-2-7-16(15)22-19(25)24-12-11-23-10-4-8-17(23)18(24)14-5-3-9-21-13-14/h1-10,13,18H,11-12H2,(H,22,25)/t18-/m1/s1. The molecule has 0 unspecified atom stereocenters. The number of aromatic nitrogens is 2. The molecule has 0 amide bonds. The maximum Gasteiger partial charge on any atom is 0.174 e. The molecule has 25 heavy (non-hydrogen) atoms. The third-order valence-electron chi connectivity index (χ3n) is 4.41. The summed E-state index contributed by atoms with van der Waals surface area (Å²) < 4.78 is 2.27. The molecule has 1 aliphatic rings. The van der Waals surface area contributed by atoms with Crippen LogP contribution < -0.4 is 5.32 Å². The van der Waals surface area contributed by atoms with Crippen molar-refractivity contribution in [1.29, 1.82) is 0 Å². The van der Waals surface area contributed by atoms with Crippen LogP contribution in [-0.4, -0.2) is 26.1 Å². The van der Waals surface area contributed by atoms with Gasteiger partial charge in [-0.2, -0.15) is 0 Å². The molecular formula is C19H17ClN4S. The van der Waals surface area contributed by atoms with E-state index in [0.717, 1.165) is 24.3 Å². The lowest BCUT2D eigenvalue weighted by atomic mass is 10.0. The van der Waals surface area contributed by atoms with Crippen molar-refractivity contribution in [2.45, 2.75) is 12.6 Å². The first-order valence-corrected chi connectivity index (χ1v) is 8.90. The Morgan fingerprint density at radius 2 is 2.00 bits per heavy atom. The maximum atomic E-state index is 6.27. The smallest absolute Gasteiger partial charge is 0.174 e. The molecule has 0 saturated heterocycles. The molecule has 1 atom stereocenters. The van der Waals surface area contributed by atoms with Crippen molar-refractivity contribution in [2.75, 3.05) is 11.9 Å². The first-order chi connectivity index (χ1) is 12.2. The van der Waals surface area contributed by atoms with Crippen molar-refractivity contribution in [3.8, 4) is 0 Å². The van der Waals surface area contributed by atoms with Gasteiger partial charge in [-0.1, -0.05) is 29.8 Å². The molecule has 0 spiro atoms. The predicted molar refractivity (Wildman–Crippen MR) is 105 cm³/mol. The molecule has 1 N–H and O–H groups in total. The van der Waals surface area contributed by atoms with E-state index in [1.807, 2.05) is 36.5 Å². The minimum absolute atomic E-state index is 0.0277. The number of nitrogens with one attached hydrogen (secondary N) is 1.